The van der Waals surface area contributed by atoms with E-state index in [1.54, 1.807) is 30.5 Å². The number of hydrogen-bond acceptors (Lipinski definition) is 4. The SMILES string of the molecule is CC1(C)NC(=O)N(CC(=O)N2c3ccccc3SC[C@@H]2c2ccccc2)C1=O. The predicted molar refractivity (Wildman–Crippen MR) is 108 cm³/mol. The number of fused-ring (bicyclic) bond motifs is 1. The van der Waals surface area contributed by atoms with Crippen molar-refractivity contribution in [2.75, 3.05) is 17.2 Å². The van der Waals surface area contributed by atoms with Gasteiger partial charge in [-0.3, -0.25) is 14.5 Å². The van der Waals surface area contributed by atoms with Crippen LogP contribution in [0.25, 0.3) is 0 Å². The Hall–Kier alpha value is -2.80. The number of nitrogens with one attached hydrogen (secondary N) is 1. The third kappa shape index (κ3) is 3.16. The Morgan fingerprint density at radius 2 is 1.79 bits per heavy atom. The predicted octanol–water partition coefficient (Wildman–Crippen LogP) is 3.20. The van der Waals surface area contributed by atoms with Crippen molar-refractivity contribution < 1.29 is 14.4 Å². The minimum absolute atomic E-state index is 0.164. The summed E-state index contributed by atoms with van der Waals surface area (Å²) in [6.07, 6.45) is 0. The molecular formula is C21H21N3O3S. The zero-order valence-corrected chi connectivity index (χ0v) is 16.5. The molecule has 0 aliphatic carbocycles. The van der Waals surface area contributed by atoms with Crippen LogP contribution < -0.4 is 10.2 Å². The smallest absolute Gasteiger partial charge is 0.324 e. The molecule has 6 nitrogen and oxygen atoms in total. The van der Waals surface area contributed by atoms with Crippen LogP contribution in [0.2, 0.25) is 0 Å². The maximum Gasteiger partial charge on any atom is 0.325 e. The summed E-state index contributed by atoms with van der Waals surface area (Å²) in [5.74, 6) is 0.0443. The zero-order valence-electron chi connectivity index (χ0n) is 15.7. The summed E-state index contributed by atoms with van der Waals surface area (Å²) >= 11 is 1.70. The molecule has 144 valence electrons. The van der Waals surface area contributed by atoms with Crippen molar-refractivity contribution in [3.05, 3.63) is 60.2 Å². The highest BCUT2D eigenvalue weighted by Crippen LogP contribution is 2.43. The van der Waals surface area contributed by atoms with Crippen molar-refractivity contribution >= 4 is 35.3 Å². The Kier molecular flexibility index (Phi) is 4.63. The standard InChI is InChI=1S/C21H21N3O3S/c1-21(2)19(26)23(20(27)22-21)12-18(25)24-15-10-6-7-11-17(15)28-13-16(24)14-8-4-3-5-9-14/h3-11,16H,12-13H2,1-2H3,(H,22,27)/t16-/m1/s1. The van der Waals surface area contributed by atoms with Crippen LogP contribution in [-0.2, 0) is 9.59 Å². The normalized spacial score (nSPS) is 20.7. The molecular weight excluding hydrogens is 374 g/mol. The number of anilines is 1. The molecule has 0 bridgehead atoms. The third-order valence-electron chi connectivity index (χ3n) is 5.02. The van der Waals surface area contributed by atoms with E-state index in [0.29, 0.717) is 5.75 Å². The maximum absolute atomic E-state index is 13.3. The highest BCUT2D eigenvalue weighted by atomic mass is 32.2. The lowest BCUT2D eigenvalue weighted by Crippen LogP contribution is -2.47. The van der Waals surface area contributed by atoms with Gasteiger partial charge in [0, 0.05) is 10.6 Å². The summed E-state index contributed by atoms with van der Waals surface area (Å²) in [7, 11) is 0. The molecule has 1 atom stereocenters. The molecule has 1 saturated heterocycles. The second-order valence-electron chi connectivity index (χ2n) is 7.42. The molecule has 7 heteroatoms. The van der Waals surface area contributed by atoms with Gasteiger partial charge in [-0.05, 0) is 31.5 Å². The molecule has 4 rings (SSSR count). The molecule has 2 heterocycles. The van der Waals surface area contributed by atoms with Crippen LogP contribution in [0.1, 0.15) is 25.5 Å². The molecule has 0 radical (unpaired) electrons. The molecule has 2 aromatic rings. The summed E-state index contributed by atoms with van der Waals surface area (Å²) in [5.41, 5.74) is 0.838. The summed E-state index contributed by atoms with van der Waals surface area (Å²) in [6, 6.07) is 16.9. The van der Waals surface area contributed by atoms with Gasteiger partial charge in [0.25, 0.3) is 5.91 Å². The molecule has 4 amide bonds. The number of rotatable bonds is 3. The zero-order chi connectivity index (χ0) is 19.9. The van der Waals surface area contributed by atoms with E-state index in [9.17, 15) is 14.4 Å². The highest BCUT2D eigenvalue weighted by molar-refractivity contribution is 7.99. The van der Waals surface area contributed by atoms with Crippen LogP contribution >= 0.6 is 11.8 Å². The average molecular weight is 395 g/mol. The lowest BCUT2D eigenvalue weighted by Gasteiger charge is -2.37. The van der Waals surface area contributed by atoms with Gasteiger partial charge in [-0.2, -0.15) is 0 Å². The average Bonchev–Trinajstić information content (AvgIpc) is 2.89. The fraction of sp³-hybridized carbons (Fsp3) is 0.286. The van der Waals surface area contributed by atoms with E-state index in [1.165, 1.54) is 0 Å². The Labute approximate surface area is 167 Å². The highest BCUT2D eigenvalue weighted by Gasteiger charge is 2.46. The lowest BCUT2D eigenvalue weighted by atomic mass is 10.0. The van der Waals surface area contributed by atoms with Gasteiger partial charge < -0.3 is 10.2 Å². The molecule has 0 aromatic heterocycles. The van der Waals surface area contributed by atoms with Gasteiger partial charge in [-0.1, -0.05) is 42.5 Å². The second-order valence-corrected chi connectivity index (χ2v) is 8.48. The first-order valence-electron chi connectivity index (χ1n) is 9.11. The van der Waals surface area contributed by atoms with Crippen LogP contribution in [0, 0.1) is 0 Å². The first-order chi connectivity index (χ1) is 13.4. The molecule has 28 heavy (non-hydrogen) atoms. The number of carbonyl (C=O) groups excluding carboxylic acids is 3. The summed E-state index contributed by atoms with van der Waals surface area (Å²) in [4.78, 5) is 41.9. The minimum atomic E-state index is -0.994. The monoisotopic (exact) mass is 395 g/mol. The first kappa shape index (κ1) is 18.6. The molecule has 2 aliphatic heterocycles. The summed E-state index contributed by atoms with van der Waals surface area (Å²) in [6.45, 7) is 2.99. The topological polar surface area (TPSA) is 69.7 Å². The van der Waals surface area contributed by atoms with E-state index in [2.05, 4.69) is 5.32 Å². The van der Waals surface area contributed by atoms with Crippen molar-refractivity contribution in [3.63, 3.8) is 0 Å². The lowest BCUT2D eigenvalue weighted by molar-refractivity contribution is -0.133. The van der Waals surface area contributed by atoms with Crippen molar-refractivity contribution in [2.24, 2.45) is 0 Å². The van der Waals surface area contributed by atoms with Gasteiger partial charge in [0.15, 0.2) is 0 Å². The van der Waals surface area contributed by atoms with Crippen LogP contribution in [-0.4, -0.2) is 40.6 Å². The number of urea groups is 1. The molecule has 1 fully saturated rings. The van der Waals surface area contributed by atoms with Crippen LogP contribution in [0.15, 0.2) is 59.5 Å². The largest absolute Gasteiger partial charge is 0.325 e. The fourth-order valence-electron chi connectivity index (χ4n) is 3.59. The summed E-state index contributed by atoms with van der Waals surface area (Å²) < 4.78 is 0. The van der Waals surface area contributed by atoms with Crippen molar-refractivity contribution in [3.8, 4) is 0 Å². The van der Waals surface area contributed by atoms with Gasteiger partial charge in [0.1, 0.15) is 12.1 Å². The molecule has 0 saturated carbocycles. The van der Waals surface area contributed by atoms with Crippen molar-refractivity contribution in [1.29, 1.82) is 0 Å². The molecule has 0 spiro atoms. The number of nitrogens with zero attached hydrogens (tertiary/aromatic N) is 2. The number of thioether (sulfide) groups is 1. The number of para-hydroxylation sites is 1. The van der Waals surface area contributed by atoms with E-state index in [-0.39, 0.29) is 24.4 Å². The Morgan fingerprint density at radius 1 is 1.11 bits per heavy atom. The van der Waals surface area contributed by atoms with Crippen LogP contribution in [0.5, 0.6) is 0 Å². The van der Waals surface area contributed by atoms with E-state index in [0.717, 1.165) is 21.0 Å². The first-order valence-corrected chi connectivity index (χ1v) is 10.1. The van der Waals surface area contributed by atoms with E-state index in [1.807, 2.05) is 54.6 Å². The van der Waals surface area contributed by atoms with Crippen molar-refractivity contribution in [1.82, 2.24) is 10.2 Å². The van der Waals surface area contributed by atoms with Gasteiger partial charge in [0.2, 0.25) is 5.91 Å². The summed E-state index contributed by atoms with van der Waals surface area (Å²) in [5, 5.41) is 2.63. The van der Waals surface area contributed by atoms with Gasteiger partial charge in [-0.15, -0.1) is 11.8 Å². The van der Waals surface area contributed by atoms with E-state index < -0.39 is 11.6 Å². The van der Waals surface area contributed by atoms with Gasteiger partial charge >= 0.3 is 6.03 Å². The third-order valence-corrected chi connectivity index (χ3v) is 6.16. The van der Waals surface area contributed by atoms with Crippen LogP contribution in [0.4, 0.5) is 10.5 Å². The Bertz CT molecular complexity index is 945. The number of imide groups is 1. The second kappa shape index (κ2) is 6.98. The van der Waals surface area contributed by atoms with Gasteiger partial charge in [-0.25, -0.2) is 4.79 Å². The minimum Gasteiger partial charge on any atom is -0.324 e. The van der Waals surface area contributed by atoms with Crippen molar-refractivity contribution in [2.45, 2.75) is 30.3 Å². The molecule has 2 aliphatic rings. The molecule has 2 aromatic carbocycles. The molecule has 1 N–H and O–H groups in total. The Balaban J connectivity index is 1.68. The number of carbonyl (C=O) groups is 3. The fourth-order valence-corrected chi connectivity index (χ4v) is 4.76. The van der Waals surface area contributed by atoms with Crippen LogP contribution in [0.3, 0.4) is 0 Å². The Morgan fingerprint density at radius 3 is 2.46 bits per heavy atom. The number of amides is 4. The van der Waals surface area contributed by atoms with Gasteiger partial charge in [0.05, 0.1) is 11.7 Å². The molecule has 0 unspecified atom stereocenters. The quantitative estimate of drug-likeness (QED) is 0.811. The number of benzene rings is 2. The maximum atomic E-state index is 13.3. The van der Waals surface area contributed by atoms with E-state index >= 15 is 0 Å². The van der Waals surface area contributed by atoms with E-state index in [4.69, 9.17) is 0 Å². The number of hydrogen-bond donors (Lipinski definition) is 1.